The van der Waals surface area contributed by atoms with Crippen LogP contribution in [0.1, 0.15) is 33.1 Å². The van der Waals surface area contributed by atoms with Crippen LogP contribution < -0.4 is 0 Å². The minimum Gasteiger partial charge on any atom is -0.480 e. The maximum Gasteiger partial charge on any atom is 0.329 e. The van der Waals surface area contributed by atoms with E-state index < -0.39 is 11.5 Å². The number of hydrogen-bond donors (Lipinski definition) is 1. The molecule has 1 saturated heterocycles. The Morgan fingerprint density at radius 2 is 2.12 bits per heavy atom. The van der Waals surface area contributed by atoms with Gasteiger partial charge in [-0.1, -0.05) is 0 Å². The molecule has 0 spiro atoms. The number of carboxylic acid groups (broad SMARTS) is 1. The second-order valence-corrected chi connectivity index (χ2v) is 5.10. The van der Waals surface area contributed by atoms with E-state index in [0.717, 1.165) is 19.4 Å². The number of carboxylic acids is 1. The van der Waals surface area contributed by atoms with Crippen molar-refractivity contribution in [3.05, 3.63) is 0 Å². The molecular formula is C12H21NO4. The number of aliphatic carboxylic acids is 1. The maximum absolute atomic E-state index is 12.0. The summed E-state index contributed by atoms with van der Waals surface area (Å²) in [6, 6.07) is 0. The molecule has 0 aromatic heterocycles. The summed E-state index contributed by atoms with van der Waals surface area (Å²) in [7, 11) is 1.54. The van der Waals surface area contributed by atoms with Gasteiger partial charge in [0, 0.05) is 26.7 Å². The molecule has 0 bridgehead atoms. The second kappa shape index (κ2) is 5.49. The highest BCUT2D eigenvalue weighted by Crippen LogP contribution is 2.21. The summed E-state index contributed by atoms with van der Waals surface area (Å²) >= 11 is 0. The number of likely N-dealkylation sites (N-methyl/N-ethyl adjacent to an activating group) is 1. The Morgan fingerprint density at radius 1 is 1.47 bits per heavy atom. The van der Waals surface area contributed by atoms with Crippen LogP contribution in [0, 0.1) is 5.92 Å². The molecule has 5 nitrogen and oxygen atoms in total. The standard InChI is InChI=1S/C12H21NO4/c1-12(2,11(15)16)13(3)10(14)7-9-5-4-6-17-8-9/h9H,4-8H2,1-3H3,(H,15,16). The molecule has 0 aromatic carbocycles. The first-order valence-corrected chi connectivity index (χ1v) is 5.93. The number of carbonyl (C=O) groups excluding carboxylic acids is 1. The average molecular weight is 243 g/mol. The van der Waals surface area contributed by atoms with Gasteiger partial charge < -0.3 is 14.7 Å². The summed E-state index contributed by atoms with van der Waals surface area (Å²) < 4.78 is 5.31. The van der Waals surface area contributed by atoms with Crippen molar-refractivity contribution in [2.45, 2.75) is 38.6 Å². The third-order valence-corrected chi connectivity index (χ3v) is 3.45. The largest absolute Gasteiger partial charge is 0.480 e. The highest BCUT2D eigenvalue weighted by atomic mass is 16.5. The minimum absolute atomic E-state index is 0.132. The van der Waals surface area contributed by atoms with Gasteiger partial charge in [0.05, 0.1) is 0 Å². The van der Waals surface area contributed by atoms with Crippen molar-refractivity contribution >= 4 is 11.9 Å². The molecule has 1 N–H and O–H groups in total. The van der Waals surface area contributed by atoms with E-state index in [-0.39, 0.29) is 11.8 Å². The van der Waals surface area contributed by atoms with Gasteiger partial charge in [-0.3, -0.25) is 4.79 Å². The van der Waals surface area contributed by atoms with Crippen LogP contribution in [0.2, 0.25) is 0 Å². The summed E-state index contributed by atoms with van der Waals surface area (Å²) in [5, 5.41) is 9.05. The van der Waals surface area contributed by atoms with Crippen LogP contribution >= 0.6 is 0 Å². The van der Waals surface area contributed by atoms with E-state index >= 15 is 0 Å². The maximum atomic E-state index is 12.0. The van der Waals surface area contributed by atoms with Gasteiger partial charge in [0.1, 0.15) is 5.54 Å². The Labute approximate surface area is 102 Å². The first-order valence-electron chi connectivity index (χ1n) is 5.93. The quantitative estimate of drug-likeness (QED) is 0.803. The van der Waals surface area contributed by atoms with E-state index in [0.29, 0.717) is 13.0 Å². The molecule has 17 heavy (non-hydrogen) atoms. The van der Waals surface area contributed by atoms with Gasteiger partial charge in [-0.05, 0) is 32.6 Å². The lowest BCUT2D eigenvalue weighted by Gasteiger charge is -2.33. The van der Waals surface area contributed by atoms with Crippen molar-refractivity contribution in [2.75, 3.05) is 20.3 Å². The van der Waals surface area contributed by atoms with Gasteiger partial charge in [0.2, 0.25) is 5.91 Å². The van der Waals surface area contributed by atoms with E-state index in [1.165, 1.54) is 18.7 Å². The third-order valence-electron chi connectivity index (χ3n) is 3.45. The van der Waals surface area contributed by atoms with Crippen LogP contribution in [0.25, 0.3) is 0 Å². The van der Waals surface area contributed by atoms with Gasteiger partial charge in [-0.15, -0.1) is 0 Å². The monoisotopic (exact) mass is 243 g/mol. The molecule has 1 aliphatic rings. The van der Waals surface area contributed by atoms with Crippen molar-refractivity contribution in [1.82, 2.24) is 4.90 Å². The van der Waals surface area contributed by atoms with Crippen LogP contribution in [0.5, 0.6) is 0 Å². The van der Waals surface area contributed by atoms with Crippen LogP contribution in [-0.2, 0) is 14.3 Å². The van der Waals surface area contributed by atoms with Gasteiger partial charge in [-0.25, -0.2) is 4.79 Å². The normalized spacial score (nSPS) is 21.0. The molecule has 1 rings (SSSR count). The van der Waals surface area contributed by atoms with Gasteiger partial charge in [0.25, 0.3) is 0 Å². The second-order valence-electron chi connectivity index (χ2n) is 5.10. The summed E-state index contributed by atoms with van der Waals surface area (Å²) in [6.07, 6.45) is 2.32. The molecule has 5 heteroatoms. The number of nitrogens with zero attached hydrogens (tertiary/aromatic N) is 1. The molecule has 98 valence electrons. The van der Waals surface area contributed by atoms with E-state index in [1.54, 1.807) is 7.05 Å². The van der Waals surface area contributed by atoms with Crippen LogP contribution in [-0.4, -0.2) is 47.7 Å². The Balaban J connectivity index is 2.54. The zero-order valence-corrected chi connectivity index (χ0v) is 10.7. The fourth-order valence-corrected chi connectivity index (χ4v) is 1.81. The van der Waals surface area contributed by atoms with E-state index in [9.17, 15) is 9.59 Å². The number of amides is 1. The number of hydrogen-bond acceptors (Lipinski definition) is 3. The lowest BCUT2D eigenvalue weighted by Crippen LogP contribution is -2.51. The predicted molar refractivity (Wildman–Crippen MR) is 62.6 cm³/mol. The molecule has 1 atom stereocenters. The minimum atomic E-state index is -1.16. The highest BCUT2D eigenvalue weighted by Gasteiger charge is 2.35. The summed E-state index contributed by atoms with van der Waals surface area (Å²) in [6.45, 7) is 4.43. The zero-order valence-electron chi connectivity index (χ0n) is 10.7. The van der Waals surface area contributed by atoms with Crippen molar-refractivity contribution in [3.63, 3.8) is 0 Å². The molecule has 0 radical (unpaired) electrons. The molecule has 1 heterocycles. The zero-order chi connectivity index (χ0) is 13.1. The van der Waals surface area contributed by atoms with Crippen LogP contribution in [0.4, 0.5) is 0 Å². The van der Waals surface area contributed by atoms with Gasteiger partial charge >= 0.3 is 5.97 Å². The molecule has 0 saturated carbocycles. The Hall–Kier alpha value is -1.10. The molecular weight excluding hydrogens is 222 g/mol. The van der Waals surface area contributed by atoms with Gasteiger partial charge in [0.15, 0.2) is 0 Å². The molecule has 0 aromatic rings. The number of carbonyl (C=O) groups is 2. The van der Waals surface area contributed by atoms with E-state index in [2.05, 4.69) is 0 Å². The lowest BCUT2D eigenvalue weighted by atomic mass is 9.96. The summed E-state index contributed by atoms with van der Waals surface area (Å²) in [5.41, 5.74) is -1.16. The third kappa shape index (κ3) is 3.43. The highest BCUT2D eigenvalue weighted by molar-refractivity contribution is 5.86. The average Bonchev–Trinajstić information content (AvgIpc) is 2.29. The first-order chi connectivity index (χ1) is 7.85. The summed E-state index contributed by atoms with van der Waals surface area (Å²) in [5.74, 6) is -0.899. The van der Waals surface area contributed by atoms with E-state index in [4.69, 9.17) is 9.84 Å². The van der Waals surface area contributed by atoms with E-state index in [1.807, 2.05) is 0 Å². The fourth-order valence-electron chi connectivity index (χ4n) is 1.81. The SMILES string of the molecule is CN(C(=O)CC1CCCOC1)C(C)(C)C(=O)O. The lowest BCUT2D eigenvalue weighted by molar-refractivity contribution is -0.156. The van der Waals surface area contributed by atoms with Crippen molar-refractivity contribution in [3.8, 4) is 0 Å². The van der Waals surface area contributed by atoms with Crippen molar-refractivity contribution < 1.29 is 19.4 Å². The molecule has 1 unspecified atom stereocenters. The van der Waals surface area contributed by atoms with Crippen molar-refractivity contribution in [2.24, 2.45) is 5.92 Å². The molecule has 1 aliphatic heterocycles. The molecule has 1 fully saturated rings. The first kappa shape index (κ1) is 14.0. The Morgan fingerprint density at radius 3 is 2.59 bits per heavy atom. The van der Waals surface area contributed by atoms with Crippen LogP contribution in [0.15, 0.2) is 0 Å². The number of ether oxygens (including phenoxy) is 1. The predicted octanol–water partition coefficient (Wildman–Crippen LogP) is 1.12. The summed E-state index contributed by atoms with van der Waals surface area (Å²) in [4.78, 5) is 24.3. The fraction of sp³-hybridized carbons (Fsp3) is 0.833. The number of rotatable bonds is 4. The topological polar surface area (TPSA) is 66.8 Å². The van der Waals surface area contributed by atoms with Crippen molar-refractivity contribution in [1.29, 1.82) is 0 Å². The Kier molecular flexibility index (Phi) is 4.51. The Bertz CT molecular complexity index is 295. The smallest absolute Gasteiger partial charge is 0.329 e. The van der Waals surface area contributed by atoms with Gasteiger partial charge in [-0.2, -0.15) is 0 Å². The van der Waals surface area contributed by atoms with Crippen LogP contribution in [0.3, 0.4) is 0 Å². The molecule has 1 amide bonds. The molecule has 0 aliphatic carbocycles.